The summed E-state index contributed by atoms with van der Waals surface area (Å²) in [6, 6.07) is 1.61. The SMILES string of the molecule is CN(C)CCNc1nccc(C(=O)NC(C)(C)C)n1. The fourth-order valence-corrected chi connectivity index (χ4v) is 1.37. The van der Waals surface area contributed by atoms with Crippen LogP contribution >= 0.6 is 0 Å². The first-order chi connectivity index (χ1) is 8.78. The van der Waals surface area contributed by atoms with Crippen LogP contribution in [0.4, 0.5) is 5.95 Å². The van der Waals surface area contributed by atoms with E-state index in [-0.39, 0.29) is 11.4 Å². The Morgan fingerprint density at radius 3 is 2.63 bits per heavy atom. The predicted octanol–water partition coefficient (Wildman–Crippen LogP) is 0.978. The summed E-state index contributed by atoms with van der Waals surface area (Å²) in [4.78, 5) is 22.3. The first-order valence-corrected chi connectivity index (χ1v) is 6.32. The number of amides is 1. The molecule has 1 amide bonds. The lowest BCUT2D eigenvalue weighted by molar-refractivity contribution is 0.0914. The van der Waals surface area contributed by atoms with Crippen molar-refractivity contribution in [3.05, 3.63) is 18.0 Å². The van der Waals surface area contributed by atoms with Gasteiger partial charge in [-0.1, -0.05) is 0 Å². The molecule has 2 N–H and O–H groups in total. The second-order valence-electron chi connectivity index (χ2n) is 5.70. The van der Waals surface area contributed by atoms with E-state index in [0.717, 1.165) is 13.1 Å². The molecule has 0 aromatic carbocycles. The molecule has 0 saturated heterocycles. The van der Waals surface area contributed by atoms with Gasteiger partial charge in [-0.25, -0.2) is 9.97 Å². The smallest absolute Gasteiger partial charge is 0.270 e. The van der Waals surface area contributed by atoms with Crippen molar-refractivity contribution in [1.82, 2.24) is 20.2 Å². The molecule has 1 aromatic rings. The maximum Gasteiger partial charge on any atom is 0.270 e. The molecule has 0 aliphatic carbocycles. The van der Waals surface area contributed by atoms with Gasteiger partial charge in [0, 0.05) is 24.8 Å². The van der Waals surface area contributed by atoms with Crippen LogP contribution in [0.2, 0.25) is 0 Å². The molecule has 19 heavy (non-hydrogen) atoms. The summed E-state index contributed by atoms with van der Waals surface area (Å²) in [5.74, 6) is 0.286. The number of carbonyl (C=O) groups is 1. The van der Waals surface area contributed by atoms with Gasteiger partial charge in [-0.15, -0.1) is 0 Å². The highest BCUT2D eigenvalue weighted by Gasteiger charge is 2.16. The lowest BCUT2D eigenvalue weighted by Gasteiger charge is -2.20. The predicted molar refractivity (Wildman–Crippen MR) is 76.3 cm³/mol. The van der Waals surface area contributed by atoms with Crippen molar-refractivity contribution in [2.75, 3.05) is 32.5 Å². The lowest BCUT2D eigenvalue weighted by atomic mass is 10.1. The van der Waals surface area contributed by atoms with Crippen molar-refractivity contribution in [2.45, 2.75) is 26.3 Å². The highest BCUT2D eigenvalue weighted by molar-refractivity contribution is 5.92. The molecule has 1 aromatic heterocycles. The van der Waals surface area contributed by atoms with Gasteiger partial charge in [-0.05, 0) is 40.9 Å². The van der Waals surface area contributed by atoms with Crippen molar-refractivity contribution in [3.8, 4) is 0 Å². The van der Waals surface area contributed by atoms with Gasteiger partial charge in [0.1, 0.15) is 5.69 Å². The van der Waals surface area contributed by atoms with Crippen LogP contribution in [0.25, 0.3) is 0 Å². The Kier molecular flexibility index (Phi) is 5.23. The van der Waals surface area contributed by atoms with Crippen molar-refractivity contribution in [1.29, 1.82) is 0 Å². The topological polar surface area (TPSA) is 70.2 Å². The zero-order valence-electron chi connectivity index (χ0n) is 12.3. The number of rotatable bonds is 5. The number of aromatic nitrogens is 2. The summed E-state index contributed by atoms with van der Waals surface area (Å²) in [7, 11) is 3.99. The van der Waals surface area contributed by atoms with Crippen molar-refractivity contribution in [2.24, 2.45) is 0 Å². The Hall–Kier alpha value is -1.69. The van der Waals surface area contributed by atoms with Gasteiger partial charge in [0.2, 0.25) is 5.95 Å². The molecular weight excluding hydrogens is 242 g/mol. The van der Waals surface area contributed by atoms with Crippen LogP contribution in [0, 0.1) is 0 Å². The summed E-state index contributed by atoms with van der Waals surface area (Å²) in [6.07, 6.45) is 1.59. The van der Waals surface area contributed by atoms with E-state index < -0.39 is 0 Å². The Balaban J connectivity index is 2.64. The van der Waals surface area contributed by atoms with Crippen LogP contribution in [0.3, 0.4) is 0 Å². The van der Waals surface area contributed by atoms with Gasteiger partial charge in [0.05, 0.1) is 0 Å². The van der Waals surface area contributed by atoms with Gasteiger partial charge in [0.25, 0.3) is 5.91 Å². The molecule has 6 heteroatoms. The number of nitrogens with one attached hydrogen (secondary N) is 2. The van der Waals surface area contributed by atoms with Crippen molar-refractivity contribution < 1.29 is 4.79 Å². The first-order valence-electron chi connectivity index (χ1n) is 6.32. The van der Waals surface area contributed by atoms with Crippen LogP contribution in [0.1, 0.15) is 31.3 Å². The quantitative estimate of drug-likeness (QED) is 0.830. The molecule has 0 aliphatic heterocycles. The number of hydrogen-bond acceptors (Lipinski definition) is 5. The van der Waals surface area contributed by atoms with E-state index in [4.69, 9.17) is 0 Å². The zero-order chi connectivity index (χ0) is 14.5. The van der Waals surface area contributed by atoms with Crippen LogP contribution < -0.4 is 10.6 Å². The largest absolute Gasteiger partial charge is 0.353 e. The van der Waals surface area contributed by atoms with Crippen LogP contribution in [-0.4, -0.2) is 53.5 Å². The highest BCUT2D eigenvalue weighted by atomic mass is 16.2. The third-order valence-corrected chi connectivity index (χ3v) is 2.22. The average molecular weight is 265 g/mol. The second-order valence-corrected chi connectivity index (χ2v) is 5.70. The van der Waals surface area contributed by atoms with Crippen LogP contribution in [-0.2, 0) is 0 Å². The molecule has 0 aliphatic rings. The van der Waals surface area contributed by atoms with Gasteiger partial charge in [0.15, 0.2) is 0 Å². The minimum atomic E-state index is -0.277. The van der Waals surface area contributed by atoms with Crippen molar-refractivity contribution >= 4 is 11.9 Å². The lowest BCUT2D eigenvalue weighted by Crippen LogP contribution is -2.41. The van der Waals surface area contributed by atoms with E-state index in [9.17, 15) is 4.79 Å². The summed E-state index contributed by atoms with van der Waals surface area (Å²) < 4.78 is 0. The molecule has 0 unspecified atom stereocenters. The third kappa shape index (κ3) is 6.15. The van der Waals surface area contributed by atoms with E-state index in [1.54, 1.807) is 12.3 Å². The number of anilines is 1. The molecule has 0 fully saturated rings. The molecule has 0 spiro atoms. The Bertz CT molecular complexity index is 425. The Morgan fingerprint density at radius 1 is 1.37 bits per heavy atom. The molecule has 0 radical (unpaired) electrons. The molecule has 0 saturated carbocycles. The molecule has 0 atom stereocenters. The van der Waals surface area contributed by atoms with Crippen molar-refractivity contribution in [3.63, 3.8) is 0 Å². The van der Waals surface area contributed by atoms with Gasteiger partial charge >= 0.3 is 0 Å². The maximum atomic E-state index is 12.0. The monoisotopic (exact) mass is 265 g/mol. The van der Waals surface area contributed by atoms with Gasteiger partial charge < -0.3 is 15.5 Å². The summed E-state index contributed by atoms with van der Waals surface area (Å²) >= 11 is 0. The molecule has 0 bridgehead atoms. The zero-order valence-corrected chi connectivity index (χ0v) is 12.3. The normalized spacial score (nSPS) is 11.5. The maximum absolute atomic E-state index is 12.0. The second kappa shape index (κ2) is 6.47. The van der Waals surface area contributed by atoms with Crippen LogP contribution in [0.15, 0.2) is 12.3 Å². The summed E-state index contributed by atoms with van der Waals surface area (Å²) in [6.45, 7) is 7.41. The Morgan fingerprint density at radius 2 is 2.05 bits per heavy atom. The molecular formula is C13H23N5O. The van der Waals surface area contributed by atoms with Gasteiger partial charge in [-0.2, -0.15) is 0 Å². The number of carbonyl (C=O) groups excluding carboxylic acids is 1. The Labute approximate surface area is 114 Å². The minimum Gasteiger partial charge on any atom is -0.353 e. The van der Waals surface area contributed by atoms with E-state index >= 15 is 0 Å². The first kappa shape index (κ1) is 15.4. The third-order valence-electron chi connectivity index (χ3n) is 2.22. The van der Waals surface area contributed by atoms with E-state index in [0.29, 0.717) is 11.6 Å². The average Bonchev–Trinajstić information content (AvgIpc) is 2.26. The van der Waals surface area contributed by atoms with E-state index in [1.165, 1.54) is 0 Å². The number of hydrogen-bond donors (Lipinski definition) is 2. The minimum absolute atomic E-state index is 0.189. The summed E-state index contributed by atoms with van der Waals surface area (Å²) in [5.41, 5.74) is 0.0952. The van der Waals surface area contributed by atoms with E-state index in [1.807, 2.05) is 34.9 Å². The molecule has 1 rings (SSSR count). The van der Waals surface area contributed by atoms with Gasteiger partial charge in [-0.3, -0.25) is 4.79 Å². The van der Waals surface area contributed by atoms with E-state index in [2.05, 4.69) is 25.5 Å². The molecule has 1 heterocycles. The number of likely N-dealkylation sites (N-methyl/N-ethyl adjacent to an activating group) is 1. The standard InChI is InChI=1S/C13H23N5O/c1-13(2,3)17-11(19)10-6-7-14-12(16-10)15-8-9-18(4)5/h6-7H,8-9H2,1-5H3,(H,17,19)(H,14,15,16). The number of nitrogens with zero attached hydrogens (tertiary/aromatic N) is 3. The fourth-order valence-electron chi connectivity index (χ4n) is 1.37. The fraction of sp³-hybridized carbons (Fsp3) is 0.615. The molecule has 6 nitrogen and oxygen atoms in total. The highest BCUT2D eigenvalue weighted by Crippen LogP contribution is 2.04. The summed E-state index contributed by atoms with van der Waals surface area (Å²) in [5, 5.41) is 5.96. The molecule has 106 valence electrons. The van der Waals surface area contributed by atoms with Crippen LogP contribution in [0.5, 0.6) is 0 Å².